The van der Waals surface area contributed by atoms with Gasteiger partial charge in [-0.3, -0.25) is 4.79 Å². The summed E-state index contributed by atoms with van der Waals surface area (Å²) in [5.41, 5.74) is 3.30. The number of anilines is 1. The Morgan fingerprint density at radius 3 is 2.72 bits per heavy atom. The lowest BCUT2D eigenvalue weighted by molar-refractivity contribution is 0.102. The van der Waals surface area contributed by atoms with E-state index in [1.54, 1.807) is 57.3 Å². The second-order valence-corrected chi connectivity index (χ2v) is 7.60. The van der Waals surface area contributed by atoms with Gasteiger partial charge < -0.3 is 5.32 Å². The molecular weight excluding hydrogens is 408 g/mol. The molecule has 5 aromatic rings. The monoisotopic (exact) mass is 420 g/mol. The number of fused-ring (bicyclic) bond motifs is 1. The maximum absolute atomic E-state index is 12.7. The summed E-state index contributed by atoms with van der Waals surface area (Å²) < 4.78 is 3.35. The molecule has 4 aromatic heterocycles. The van der Waals surface area contributed by atoms with Gasteiger partial charge in [0, 0.05) is 24.1 Å². The minimum Gasteiger partial charge on any atom is -0.321 e. The number of rotatable bonds is 4. The lowest BCUT2D eigenvalue weighted by Crippen LogP contribution is -2.12. The van der Waals surface area contributed by atoms with Crippen LogP contribution < -0.4 is 5.32 Å². The molecule has 0 aliphatic carbocycles. The highest BCUT2D eigenvalue weighted by atomic mass is 35.5. The van der Waals surface area contributed by atoms with E-state index < -0.39 is 0 Å². The number of nitrogens with one attached hydrogen (secondary N) is 1. The second-order valence-electron chi connectivity index (χ2n) is 6.21. The van der Waals surface area contributed by atoms with Crippen molar-refractivity contribution >= 4 is 40.2 Å². The van der Waals surface area contributed by atoms with Gasteiger partial charge in [-0.15, -0.1) is 11.3 Å². The first kappa shape index (κ1) is 17.6. The van der Waals surface area contributed by atoms with Crippen LogP contribution in [0.25, 0.3) is 21.9 Å². The Kier molecular flexibility index (Phi) is 4.34. The standard InChI is InChI=1S/C20H13ClN6OS/c21-13-11-23-26(12-13)15-5-3-14(4-6-15)24-20(28)16-10-19-22-8-7-17(27(19)25-16)18-2-1-9-29-18/h1-12H,(H,24,28). The van der Waals surface area contributed by atoms with E-state index in [-0.39, 0.29) is 5.91 Å². The fourth-order valence-corrected chi connectivity index (χ4v) is 3.82. The van der Waals surface area contributed by atoms with Crippen LogP contribution in [0.2, 0.25) is 5.02 Å². The summed E-state index contributed by atoms with van der Waals surface area (Å²) in [5, 5.41) is 14.0. The molecule has 142 valence electrons. The van der Waals surface area contributed by atoms with Gasteiger partial charge in [-0.1, -0.05) is 17.7 Å². The molecule has 9 heteroatoms. The van der Waals surface area contributed by atoms with Crippen LogP contribution in [-0.2, 0) is 0 Å². The highest BCUT2D eigenvalue weighted by molar-refractivity contribution is 7.13. The SMILES string of the molecule is O=C(Nc1ccc(-n2cc(Cl)cn2)cc1)c1cc2nccc(-c3cccs3)n2n1. The maximum atomic E-state index is 12.7. The lowest BCUT2D eigenvalue weighted by atomic mass is 10.2. The van der Waals surface area contributed by atoms with Crippen LogP contribution >= 0.6 is 22.9 Å². The Morgan fingerprint density at radius 2 is 2.00 bits per heavy atom. The Hall–Kier alpha value is -3.49. The van der Waals surface area contributed by atoms with Crippen molar-refractivity contribution in [2.24, 2.45) is 0 Å². The fourth-order valence-electron chi connectivity index (χ4n) is 2.95. The predicted octanol–water partition coefficient (Wildman–Crippen LogP) is 4.55. The molecule has 0 atom stereocenters. The summed E-state index contributed by atoms with van der Waals surface area (Å²) in [5.74, 6) is -0.303. The van der Waals surface area contributed by atoms with E-state index in [9.17, 15) is 4.79 Å². The number of thiophene rings is 1. The molecule has 4 heterocycles. The fraction of sp³-hybridized carbons (Fsp3) is 0. The van der Waals surface area contributed by atoms with E-state index in [0.717, 1.165) is 16.3 Å². The van der Waals surface area contributed by atoms with Crippen LogP contribution in [0, 0.1) is 0 Å². The summed E-state index contributed by atoms with van der Waals surface area (Å²) in [6, 6.07) is 14.8. The number of hydrogen-bond acceptors (Lipinski definition) is 5. The van der Waals surface area contributed by atoms with E-state index in [1.807, 2.05) is 35.7 Å². The smallest absolute Gasteiger partial charge is 0.276 e. The highest BCUT2D eigenvalue weighted by Crippen LogP contribution is 2.25. The van der Waals surface area contributed by atoms with E-state index in [1.165, 1.54) is 0 Å². The summed E-state index contributed by atoms with van der Waals surface area (Å²) in [4.78, 5) is 18.1. The van der Waals surface area contributed by atoms with Crippen LogP contribution in [0.15, 0.2) is 72.5 Å². The Labute approximate surface area is 174 Å². The van der Waals surface area contributed by atoms with Crippen molar-refractivity contribution in [3.8, 4) is 16.3 Å². The first-order valence-electron chi connectivity index (χ1n) is 8.68. The van der Waals surface area contributed by atoms with E-state index in [2.05, 4.69) is 20.5 Å². The average molecular weight is 421 g/mol. The highest BCUT2D eigenvalue weighted by Gasteiger charge is 2.15. The zero-order chi connectivity index (χ0) is 19.8. The van der Waals surface area contributed by atoms with Crippen LogP contribution in [-0.4, -0.2) is 30.3 Å². The van der Waals surface area contributed by atoms with E-state index >= 15 is 0 Å². The van der Waals surface area contributed by atoms with Crippen molar-refractivity contribution in [3.63, 3.8) is 0 Å². The van der Waals surface area contributed by atoms with Crippen molar-refractivity contribution in [2.45, 2.75) is 0 Å². The first-order chi connectivity index (χ1) is 14.2. The van der Waals surface area contributed by atoms with Crippen LogP contribution in [0.1, 0.15) is 10.5 Å². The molecule has 0 aliphatic rings. The molecule has 0 spiro atoms. The van der Waals surface area contributed by atoms with Crippen molar-refractivity contribution < 1.29 is 4.79 Å². The number of halogens is 1. The number of amides is 1. The molecular formula is C20H13ClN6OS. The van der Waals surface area contributed by atoms with Crippen LogP contribution in [0.5, 0.6) is 0 Å². The molecule has 7 nitrogen and oxygen atoms in total. The molecule has 0 unspecified atom stereocenters. The Balaban J connectivity index is 1.39. The topological polar surface area (TPSA) is 77.1 Å². The molecule has 1 N–H and O–H groups in total. The minimum atomic E-state index is -0.303. The summed E-state index contributed by atoms with van der Waals surface area (Å²) in [6.07, 6.45) is 5.00. The van der Waals surface area contributed by atoms with Crippen LogP contribution in [0.4, 0.5) is 5.69 Å². The average Bonchev–Trinajstić information content (AvgIpc) is 3.48. The maximum Gasteiger partial charge on any atom is 0.276 e. The van der Waals surface area contributed by atoms with E-state index in [4.69, 9.17) is 11.6 Å². The molecule has 0 aliphatic heterocycles. The molecule has 0 fully saturated rings. The number of carbonyl (C=O) groups is 1. The van der Waals surface area contributed by atoms with Crippen molar-refractivity contribution in [3.05, 3.63) is 83.2 Å². The van der Waals surface area contributed by atoms with Gasteiger partial charge in [0.15, 0.2) is 11.3 Å². The largest absolute Gasteiger partial charge is 0.321 e. The minimum absolute atomic E-state index is 0.296. The molecule has 0 saturated carbocycles. The third kappa shape index (κ3) is 3.39. The molecule has 29 heavy (non-hydrogen) atoms. The summed E-state index contributed by atoms with van der Waals surface area (Å²) in [6.45, 7) is 0. The van der Waals surface area contributed by atoms with Gasteiger partial charge in [-0.25, -0.2) is 14.2 Å². The van der Waals surface area contributed by atoms with Gasteiger partial charge >= 0.3 is 0 Å². The molecule has 1 amide bonds. The molecule has 0 radical (unpaired) electrons. The quantitative estimate of drug-likeness (QED) is 0.462. The van der Waals surface area contributed by atoms with Crippen molar-refractivity contribution in [2.75, 3.05) is 5.32 Å². The Morgan fingerprint density at radius 1 is 1.14 bits per heavy atom. The second kappa shape index (κ2) is 7.16. The summed E-state index contributed by atoms with van der Waals surface area (Å²) >= 11 is 7.51. The third-order valence-electron chi connectivity index (χ3n) is 4.31. The van der Waals surface area contributed by atoms with Gasteiger partial charge in [-0.05, 0) is 41.8 Å². The van der Waals surface area contributed by atoms with Gasteiger partial charge in [0.1, 0.15) is 0 Å². The summed E-state index contributed by atoms with van der Waals surface area (Å²) in [7, 11) is 0. The van der Waals surface area contributed by atoms with Gasteiger partial charge in [-0.2, -0.15) is 10.2 Å². The van der Waals surface area contributed by atoms with Crippen molar-refractivity contribution in [1.82, 2.24) is 24.4 Å². The number of nitrogens with zero attached hydrogens (tertiary/aromatic N) is 5. The Bertz CT molecular complexity index is 1310. The molecule has 1 aromatic carbocycles. The molecule has 0 saturated heterocycles. The van der Waals surface area contributed by atoms with Gasteiger partial charge in [0.05, 0.1) is 27.5 Å². The number of carbonyl (C=O) groups excluding carboxylic acids is 1. The first-order valence-corrected chi connectivity index (χ1v) is 9.94. The molecule has 0 bridgehead atoms. The zero-order valence-corrected chi connectivity index (χ0v) is 16.4. The number of hydrogen-bond donors (Lipinski definition) is 1. The van der Waals surface area contributed by atoms with Crippen molar-refractivity contribution in [1.29, 1.82) is 0 Å². The number of benzene rings is 1. The lowest BCUT2D eigenvalue weighted by Gasteiger charge is -2.05. The molecule has 5 rings (SSSR count). The normalized spacial score (nSPS) is 11.1. The third-order valence-corrected chi connectivity index (χ3v) is 5.39. The zero-order valence-electron chi connectivity index (χ0n) is 14.9. The van der Waals surface area contributed by atoms with Gasteiger partial charge in [0.2, 0.25) is 0 Å². The van der Waals surface area contributed by atoms with Gasteiger partial charge in [0.25, 0.3) is 5.91 Å². The van der Waals surface area contributed by atoms with Crippen LogP contribution in [0.3, 0.4) is 0 Å². The predicted molar refractivity (Wildman–Crippen MR) is 113 cm³/mol. The number of aromatic nitrogens is 5. The van der Waals surface area contributed by atoms with E-state index in [0.29, 0.717) is 22.1 Å².